The number of tetrazole rings is 1. The molecule has 0 spiro atoms. The van der Waals surface area contributed by atoms with Gasteiger partial charge in [-0.2, -0.15) is 0 Å². The minimum absolute atomic E-state index is 0.0887. The first kappa shape index (κ1) is 18.3. The van der Waals surface area contributed by atoms with E-state index < -0.39 is 0 Å². The Hall–Kier alpha value is -2.49. The van der Waals surface area contributed by atoms with Gasteiger partial charge in [-0.25, -0.2) is 4.68 Å². The number of hydrogen-bond acceptors (Lipinski definition) is 7. The summed E-state index contributed by atoms with van der Waals surface area (Å²) in [6, 6.07) is 3.57. The van der Waals surface area contributed by atoms with Crippen molar-refractivity contribution in [3.05, 3.63) is 30.1 Å². The lowest BCUT2D eigenvalue weighted by molar-refractivity contribution is -0.131. The number of aromatic nitrogens is 5. The highest BCUT2D eigenvalue weighted by atomic mass is 32.2. The van der Waals surface area contributed by atoms with Crippen LogP contribution in [0, 0.1) is 0 Å². The maximum absolute atomic E-state index is 12.3. The van der Waals surface area contributed by atoms with Crippen molar-refractivity contribution in [1.29, 1.82) is 0 Å². The Bertz CT molecular complexity index is 744. The summed E-state index contributed by atoms with van der Waals surface area (Å²) in [6.07, 6.45) is 5.17. The summed E-state index contributed by atoms with van der Waals surface area (Å²) in [4.78, 5) is 30.3. The zero-order valence-corrected chi connectivity index (χ0v) is 15.4. The highest BCUT2D eigenvalue weighted by molar-refractivity contribution is 7.99. The van der Waals surface area contributed by atoms with E-state index in [0.29, 0.717) is 36.0 Å². The lowest BCUT2D eigenvalue weighted by Gasteiger charge is -2.32. The van der Waals surface area contributed by atoms with Crippen LogP contribution < -0.4 is 5.32 Å². The van der Waals surface area contributed by atoms with Crippen LogP contribution in [0.4, 0.5) is 0 Å². The van der Waals surface area contributed by atoms with E-state index in [1.807, 2.05) is 4.90 Å². The van der Waals surface area contributed by atoms with Gasteiger partial charge in [-0.05, 0) is 35.4 Å². The van der Waals surface area contributed by atoms with Crippen molar-refractivity contribution in [2.45, 2.75) is 30.5 Å². The van der Waals surface area contributed by atoms with Crippen LogP contribution in [0.15, 0.2) is 29.7 Å². The van der Waals surface area contributed by atoms with Crippen molar-refractivity contribution in [1.82, 2.24) is 35.4 Å². The third kappa shape index (κ3) is 4.78. The van der Waals surface area contributed by atoms with Crippen molar-refractivity contribution < 1.29 is 9.59 Å². The van der Waals surface area contributed by atoms with Crippen LogP contribution in [-0.2, 0) is 11.8 Å². The van der Waals surface area contributed by atoms with Crippen LogP contribution in [0.1, 0.15) is 29.6 Å². The molecule has 0 radical (unpaired) electrons. The number of nitrogens with zero attached hydrogens (tertiary/aromatic N) is 6. The molecular formula is C16H21N7O2S. The lowest BCUT2D eigenvalue weighted by Crippen LogP contribution is -2.46. The van der Waals surface area contributed by atoms with E-state index in [0.717, 1.165) is 12.8 Å². The number of nitrogens with one attached hydrogen (secondary N) is 1. The molecule has 0 atom stereocenters. The van der Waals surface area contributed by atoms with E-state index in [4.69, 9.17) is 0 Å². The maximum atomic E-state index is 12.3. The monoisotopic (exact) mass is 375 g/mol. The van der Waals surface area contributed by atoms with E-state index in [-0.39, 0.29) is 17.9 Å². The molecule has 0 aromatic carbocycles. The molecule has 1 saturated heterocycles. The number of rotatable bonds is 6. The molecule has 0 saturated carbocycles. The fourth-order valence-electron chi connectivity index (χ4n) is 2.77. The molecule has 26 heavy (non-hydrogen) atoms. The van der Waals surface area contributed by atoms with Crippen LogP contribution in [0.3, 0.4) is 0 Å². The van der Waals surface area contributed by atoms with Gasteiger partial charge in [0.15, 0.2) is 0 Å². The Morgan fingerprint density at radius 1 is 1.35 bits per heavy atom. The van der Waals surface area contributed by atoms with E-state index in [1.165, 1.54) is 11.8 Å². The minimum Gasteiger partial charge on any atom is -0.349 e. The standard InChI is InChI=1S/C16H21N7O2S/c1-22-16(19-20-21-22)26-10-6-14(24)23-8-4-13(5-9-23)18-15(25)12-3-2-7-17-11-12/h2-3,7,11,13H,4-6,8-10H2,1H3,(H,18,25). The number of hydrogen-bond donors (Lipinski definition) is 1. The number of carbonyl (C=O) groups excluding carboxylic acids is 2. The summed E-state index contributed by atoms with van der Waals surface area (Å²) in [7, 11) is 1.77. The smallest absolute Gasteiger partial charge is 0.253 e. The predicted octanol–water partition coefficient (Wildman–Crippen LogP) is 0.508. The van der Waals surface area contributed by atoms with Crippen molar-refractivity contribution in [2.24, 2.45) is 7.05 Å². The zero-order chi connectivity index (χ0) is 18.4. The molecule has 3 heterocycles. The molecule has 3 rings (SSSR count). The van der Waals surface area contributed by atoms with Gasteiger partial charge in [0.05, 0.1) is 5.56 Å². The molecule has 0 bridgehead atoms. The van der Waals surface area contributed by atoms with Gasteiger partial charge in [-0.15, -0.1) is 5.10 Å². The highest BCUT2D eigenvalue weighted by Crippen LogP contribution is 2.16. The molecule has 2 aromatic heterocycles. The van der Waals surface area contributed by atoms with Crippen molar-refractivity contribution in [3.8, 4) is 0 Å². The molecule has 2 amide bonds. The van der Waals surface area contributed by atoms with Crippen LogP contribution in [-0.4, -0.2) is 66.8 Å². The van der Waals surface area contributed by atoms with Gasteiger partial charge in [0.2, 0.25) is 11.1 Å². The van der Waals surface area contributed by atoms with E-state index >= 15 is 0 Å². The number of likely N-dealkylation sites (tertiary alicyclic amines) is 1. The van der Waals surface area contributed by atoms with Gasteiger partial charge in [0.25, 0.3) is 5.91 Å². The molecule has 1 aliphatic heterocycles. The Morgan fingerprint density at radius 2 is 2.15 bits per heavy atom. The normalized spacial score (nSPS) is 15.0. The Kier molecular flexibility index (Phi) is 6.16. The van der Waals surface area contributed by atoms with Crippen molar-refractivity contribution in [3.63, 3.8) is 0 Å². The molecule has 2 aromatic rings. The van der Waals surface area contributed by atoms with Crippen molar-refractivity contribution in [2.75, 3.05) is 18.8 Å². The van der Waals surface area contributed by atoms with Crippen molar-refractivity contribution >= 4 is 23.6 Å². The van der Waals surface area contributed by atoms with Gasteiger partial charge in [-0.1, -0.05) is 11.8 Å². The molecule has 0 unspecified atom stereocenters. The zero-order valence-electron chi connectivity index (χ0n) is 14.5. The fraction of sp³-hybridized carbons (Fsp3) is 0.500. The second-order valence-electron chi connectivity index (χ2n) is 6.05. The topological polar surface area (TPSA) is 106 Å². The Morgan fingerprint density at radius 3 is 2.81 bits per heavy atom. The largest absolute Gasteiger partial charge is 0.349 e. The molecule has 138 valence electrons. The summed E-state index contributed by atoms with van der Waals surface area (Å²) in [5.41, 5.74) is 0.557. The predicted molar refractivity (Wildman–Crippen MR) is 95.4 cm³/mol. The summed E-state index contributed by atoms with van der Waals surface area (Å²) >= 11 is 1.47. The maximum Gasteiger partial charge on any atom is 0.253 e. The third-order valence-electron chi connectivity index (χ3n) is 4.23. The van der Waals surface area contributed by atoms with E-state index in [1.54, 1.807) is 36.3 Å². The number of aryl methyl sites for hydroxylation is 1. The van der Waals surface area contributed by atoms with Crippen LogP contribution in [0.2, 0.25) is 0 Å². The van der Waals surface area contributed by atoms with Gasteiger partial charge >= 0.3 is 0 Å². The lowest BCUT2D eigenvalue weighted by atomic mass is 10.0. The summed E-state index contributed by atoms with van der Waals surface area (Å²) in [5.74, 6) is 0.659. The molecule has 1 aliphatic rings. The first-order valence-electron chi connectivity index (χ1n) is 8.47. The molecule has 9 nitrogen and oxygen atoms in total. The second-order valence-corrected chi connectivity index (χ2v) is 7.12. The third-order valence-corrected chi connectivity index (χ3v) is 5.25. The Balaban J connectivity index is 1.38. The number of thioether (sulfide) groups is 1. The highest BCUT2D eigenvalue weighted by Gasteiger charge is 2.24. The summed E-state index contributed by atoms with van der Waals surface area (Å²) in [5, 5.41) is 14.9. The van der Waals surface area contributed by atoms with Gasteiger partial charge in [0, 0.05) is 50.7 Å². The number of amides is 2. The average Bonchev–Trinajstić information content (AvgIpc) is 3.08. The molecule has 1 fully saturated rings. The minimum atomic E-state index is -0.114. The van der Waals surface area contributed by atoms with Gasteiger partial charge < -0.3 is 10.2 Å². The average molecular weight is 375 g/mol. The summed E-state index contributed by atoms with van der Waals surface area (Å²) < 4.78 is 1.59. The van der Waals surface area contributed by atoms with Crippen LogP contribution in [0.25, 0.3) is 0 Å². The Labute approximate surface area is 155 Å². The van der Waals surface area contributed by atoms with E-state index in [2.05, 4.69) is 25.8 Å². The quantitative estimate of drug-likeness (QED) is 0.733. The SMILES string of the molecule is Cn1nnnc1SCCC(=O)N1CCC(NC(=O)c2cccnc2)CC1. The fourth-order valence-corrected chi connectivity index (χ4v) is 3.55. The second kappa shape index (κ2) is 8.75. The number of piperidine rings is 1. The van der Waals surface area contributed by atoms with Gasteiger partial charge in [0.1, 0.15) is 0 Å². The summed E-state index contributed by atoms with van der Waals surface area (Å²) in [6.45, 7) is 1.32. The number of pyridine rings is 1. The van der Waals surface area contributed by atoms with Crippen LogP contribution >= 0.6 is 11.8 Å². The first-order valence-corrected chi connectivity index (χ1v) is 9.46. The van der Waals surface area contributed by atoms with Gasteiger partial charge in [-0.3, -0.25) is 14.6 Å². The molecule has 0 aliphatic carbocycles. The van der Waals surface area contributed by atoms with E-state index in [9.17, 15) is 9.59 Å². The molecule has 10 heteroatoms. The molecular weight excluding hydrogens is 354 g/mol. The van der Waals surface area contributed by atoms with Crippen LogP contribution in [0.5, 0.6) is 0 Å². The molecule has 1 N–H and O–H groups in total. The number of carbonyl (C=O) groups is 2. The first-order chi connectivity index (χ1) is 12.6.